The largest absolute Gasteiger partial charge is 0.356 e. The predicted molar refractivity (Wildman–Crippen MR) is 145 cm³/mol. The van der Waals surface area contributed by atoms with E-state index in [-0.39, 0.29) is 36.6 Å². The highest BCUT2D eigenvalue weighted by atomic mass is 16.2. The van der Waals surface area contributed by atoms with E-state index in [0.717, 1.165) is 42.4 Å². The van der Waals surface area contributed by atoms with Crippen LogP contribution in [0.2, 0.25) is 0 Å². The molecule has 1 aliphatic carbocycles. The Hall–Kier alpha value is -3.91. The molecule has 3 aromatic heterocycles. The number of nitrogens with two attached hydrogens (primary N) is 1. The summed E-state index contributed by atoms with van der Waals surface area (Å²) in [6, 6.07) is 1.78. The van der Waals surface area contributed by atoms with Gasteiger partial charge in [0.25, 0.3) is 11.5 Å². The fourth-order valence-electron chi connectivity index (χ4n) is 5.35. The lowest BCUT2D eigenvalue weighted by molar-refractivity contribution is 0.0918. The van der Waals surface area contributed by atoms with Crippen LogP contribution in [0.15, 0.2) is 21.9 Å². The van der Waals surface area contributed by atoms with E-state index in [2.05, 4.69) is 32.0 Å². The summed E-state index contributed by atoms with van der Waals surface area (Å²) in [4.78, 5) is 52.2. The molecular weight excluding hydrogens is 484 g/mol. The Morgan fingerprint density at radius 1 is 1.18 bits per heavy atom. The van der Waals surface area contributed by atoms with Crippen LogP contribution in [-0.2, 0) is 20.1 Å². The van der Waals surface area contributed by atoms with E-state index in [1.807, 2.05) is 6.92 Å². The van der Waals surface area contributed by atoms with Crippen molar-refractivity contribution in [1.82, 2.24) is 29.0 Å². The van der Waals surface area contributed by atoms with Crippen molar-refractivity contribution in [3.63, 3.8) is 0 Å². The normalized spacial score (nSPS) is 17.7. The first-order chi connectivity index (χ1) is 18.3. The maximum absolute atomic E-state index is 14.0. The second-order valence-electron chi connectivity index (χ2n) is 10.2. The van der Waals surface area contributed by atoms with Crippen LogP contribution in [0.5, 0.6) is 0 Å². The van der Waals surface area contributed by atoms with Gasteiger partial charge in [-0.2, -0.15) is 0 Å². The summed E-state index contributed by atoms with van der Waals surface area (Å²) in [6.45, 7) is 4.90. The zero-order valence-corrected chi connectivity index (χ0v) is 22.2. The molecular formula is C27H34N8O3. The summed E-state index contributed by atoms with van der Waals surface area (Å²) in [5.74, 6) is 6.63. The number of aromatic nitrogens is 5. The van der Waals surface area contributed by atoms with Gasteiger partial charge in [-0.15, -0.1) is 5.92 Å². The van der Waals surface area contributed by atoms with E-state index >= 15 is 0 Å². The van der Waals surface area contributed by atoms with Crippen molar-refractivity contribution in [2.24, 2.45) is 12.8 Å². The van der Waals surface area contributed by atoms with Gasteiger partial charge in [0.05, 0.1) is 18.6 Å². The predicted octanol–water partition coefficient (Wildman–Crippen LogP) is 0.882. The third-order valence-electron chi connectivity index (χ3n) is 7.49. The number of nitrogens with one attached hydrogen (secondary N) is 1. The zero-order chi connectivity index (χ0) is 27.0. The second kappa shape index (κ2) is 10.5. The smallest absolute Gasteiger partial charge is 0.331 e. The standard InChI is InChI=1S/C27H34N8O3/c1-4-5-14-34-23-22(32(3)27(38)35(26(23)37)16-20-29-12-11-17(2)30-20)21(24(36)31-19-9-6-10-19)25(34)33-13-7-8-18(28)15-33/h11-12,18-19H,6-10,13-16,28H2,1-3H3,(H,31,36)/t18-/m1/s1. The van der Waals surface area contributed by atoms with E-state index in [1.165, 1.54) is 4.57 Å². The summed E-state index contributed by atoms with van der Waals surface area (Å²) in [5, 5.41) is 3.12. The molecule has 11 nitrogen and oxygen atoms in total. The van der Waals surface area contributed by atoms with Crippen molar-refractivity contribution >= 4 is 22.8 Å². The number of hydrogen-bond acceptors (Lipinski definition) is 7. The van der Waals surface area contributed by atoms with Crippen LogP contribution in [-0.4, -0.2) is 54.7 Å². The fourth-order valence-corrected chi connectivity index (χ4v) is 5.35. The number of carbonyl (C=O) groups excluding carboxylic acids is 1. The lowest BCUT2D eigenvalue weighted by Gasteiger charge is -2.34. The second-order valence-corrected chi connectivity index (χ2v) is 10.2. The Morgan fingerprint density at radius 2 is 1.97 bits per heavy atom. The van der Waals surface area contributed by atoms with Gasteiger partial charge in [-0.25, -0.2) is 14.8 Å². The van der Waals surface area contributed by atoms with E-state index in [9.17, 15) is 14.4 Å². The van der Waals surface area contributed by atoms with Gasteiger partial charge in [-0.3, -0.25) is 18.7 Å². The van der Waals surface area contributed by atoms with Gasteiger partial charge in [0.15, 0.2) is 0 Å². The number of fused-ring (bicyclic) bond motifs is 1. The minimum atomic E-state index is -0.536. The molecule has 3 N–H and O–H groups in total. The van der Waals surface area contributed by atoms with Crippen molar-refractivity contribution in [2.45, 2.75) is 71.1 Å². The molecule has 38 heavy (non-hydrogen) atoms. The van der Waals surface area contributed by atoms with Gasteiger partial charge in [0.1, 0.15) is 22.7 Å². The first kappa shape index (κ1) is 25.7. The Balaban J connectivity index is 1.79. The lowest BCUT2D eigenvalue weighted by atomic mass is 9.93. The summed E-state index contributed by atoms with van der Waals surface area (Å²) in [6.07, 6.45) is 6.24. The number of hydrogen-bond donors (Lipinski definition) is 2. The van der Waals surface area contributed by atoms with Gasteiger partial charge < -0.3 is 20.5 Å². The highest BCUT2D eigenvalue weighted by Crippen LogP contribution is 2.33. The molecule has 0 radical (unpaired) electrons. The molecule has 1 saturated heterocycles. The van der Waals surface area contributed by atoms with Gasteiger partial charge in [-0.05, 0) is 52.0 Å². The third kappa shape index (κ3) is 4.60. The van der Waals surface area contributed by atoms with Crippen LogP contribution < -0.4 is 27.2 Å². The zero-order valence-electron chi connectivity index (χ0n) is 22.2. The van der Waals surface area contributed by atoms with Gasteiger partial charge >= 0.3 is 5.69 Å². The molecule has 4 heterocycles. The van der Waals surface area contributed by atoms with Crippen LogP contribution in [0.1, 0.15) is 60.9 Å². The maximum atomic E-state index is 14.0. The molecule has 0 unspecified atom stereocenters. The van der Waals surface area contributed by atoms with Crippen LogP contribution in [0.3, 0.4) is 0 Å². The van der Waals surface area contributed by atoms with E-state index < -0.39 is 11.2 Å². The van der Waals surface area contributed by atoms with E-state index in [4.69, 9.17) is 5.73 Å². The molecule has 3 aromatic rings. The molecule has 200 valence electrons. The molecule has 5 rings (SSSR count). The van der Waals surface area contributed by atoms with Crippen LogP contribution in [0.25, 0.3) is 11.0 Å². The Kier molecular flexibility index (Phi) is 7.08. The number of anilines is 1. The van der Waals surface area contributed by atoms with Gasteiger partial charge in [0.2, 0.25) is 0 Å². The van der Waals surface area contributed by atoms with Crippen molar-refractivity contribution in [2.75, 3.05) is 18.0 Å². The monoisotopic (exact) mass is 518 g/mol. The summed E-state index contributed by atoms with van der Waals surface area (Å²) in [7, 11) is 1.60. The SMILES string of the molecule is CC#CCn1c(N2CCC[C@@H](N)C2)c(C(=O)NC2CCC2)c2c1c(=O)n(Cc1nccc(C)n1)c(=O)n2C. The van der Waals surface area contributed by atoms with Crippen LogP contribution in [0, 0.1) is 18.8 Å². The van der Waals surface area contributed by atoms with E-state index in [0.29, 0.717) is 35.8 Å². The molecule has 2 fully saturated rings. The molecule has 1 atom stereocenters. The third-order valence-corrected chi connectivity index (χ3v) is 7.49. The summed E-state index contributed by atoms with van der Waals surface area (Å²) >= 11 is 0. The molecule has 1 aliphatic heterocycles. The first-order valence-corrected chi connectivity index (χ1v) is 13.2. The van der Waals surface area contributed by atoms with Crippen molar-refractivity contribution in [3.8, 4) is 11.8 Å². The first-order valence-electron chi connectivity index (χ1n) is 13.2. The highest BCUT2D eigenvalue weighted by Gasteiger charge is 2.34. The Labute approximate surface area is 220 Å². The number of amides is 1. The van der Waals surface area contributed by atoms with Crippen molar-refractivity contribution < 1.29 is 4.79 Å². The van der Waals surface area contributed by atoms with E-state index in [1.54, 1.807) is 30.8 Å². The average Bonchev–Trinajstić information content (AvgIpc) is 3.21. The minimum absolute atomic E-state index is 0.0611. The molecule has 2 aliphatic rings. The van der Waals surface area contributed by atoms with Gasteiger partial charge in [0, 0.05) is 44.1 Å². The Morgan fingerprint density at radius 3 is 2.63 bits per heavy atom. The summed E-state index contributed by atoms with van der Waals surface area (Å²) in [5.41, 5.74) is 6.93. The van der Waals surface area contributed by atoms with Crippen molar-refractivity contribution in [1.29, 1.82) is 0 Å². The molecule has 1 amide bonds. The van der Waals surface area contributed by atoms with Gasteiger partial charge in [-0.1, -0.05) is 5.92 Å². The number of carbonyl (C=O) groups is 1. The van der Waals surface area contributed by atoms with Crippen LogP contribution >= 0.6 is 0 Å². The molecule has 0 aromatic carbocycles. The molecule has 0 bridgehead atoms. The molecule has 1 saturated carbocycles. The quantitative estimate of drug-likeness (QED) is 0.463. The van der Waals surface area contributed by atoms with Crippen LogP contribution in [0.4, 0.5) is 5.82 Å². The molecule has 0 spiro atoms. The molecule has 11 heteroatoms. The fraction of sp³-hybridized carbons (Fsp3) is 0.519. The number of aryl methyl sites for hydroxylation is 2. The lowest BCUT2D eigenvalue weighted by Crippen LogP contribution is -2.45. The number of rotatable bonds is 6. The highest BCUT2D eigenvalue weighted by molar-refractivity contribution is 6.11. The van der Waals surface area contributed by atoms with Crippen molar-refractivity contribution in [3.05, 3.63) is 50.2 Å². The topological polar surface area (TPSA) is 133 Å². The average molecular weight is 519 g/mol. The summed E-state index contributed by atoms with van der Waals surface area (Å²) < 4.78 is 4.31. The number of nitrogens with zero attached hydrogens (tertiary/aromatic N) is 6. The minimum Gasteiger partial charge on any atom is -0.356 e. The Bertz CT molecular complexity index is 1570. The maximum Gasteiger partial charge on any atom is 0.331 e. The number of piperidine rings is 1.